The Balaban J connectivity index is 3.26. The first kappa shape index (κ1) is 24.4. The van der Waals surface area contributed by atoms with Crippen LogP contribution in [0.3, 0.4) is 0 Å². The third-order valence-corrected chi connectivity index (χ3v) is 5.26. The van der Waals surface area contributed by atoms with E-state index in [0.29, 0.717) is 0 Å². The second-order valence-electron chi connectivity index (χ2n) is 8.45. The van der Waals surface area contributed by atoms with Gasteiger partial charge in [0.05, 0.1) is 27.2 Å². The zero-order chi connectivity index (χ0) is 18.8. The number of aliphatic carboxylic acids is 1. The van der Waals surface area contributed by atoms with Gasteiger partial charge in [-0.2, -0.15) is 0 Å². The van der Waals surface area contributed by atoms with Gasteiger partial charge in [0, 0.05) is 12.4 Å². The van der Waals surface area contributed by atoms with Gasteiger partial charge < -0.3 is 14.4 Å². The summed E-state index contributed by atoms with van der Waals surface area (Å²) in [4.78, 5) is 10.5. The van der Waals surface area contributed by atoms with Gasteiger partial charge in [0.15, 0.2) is 0 Å². The monoisotopic (exact) mass is 355 g/mol. The van der Waals surface area contributed by atoms with Gasteiger partial charge in [-0.15, -0.1) is 0 Å². The number of nitrogens with zero attached hydrogens (tertiary/aromatic N) is 1. The van der Waals surface area contributed by atoms with Gasteiger partial charge in [-0.25, -0.2) is 0 Å². The molecule has 0 spiro atoms. The predicted octanol–water partition coefficient (Wildman–Crippen LogP) is 5.07. The molecule has 0 saturated heterocycles. The summed E-state index contributed by atoms with van der Waals surface area (Å²) < 4.78 is 0.936. The average molecular weight is 356 g/mol. The van der Waals surface area contributed by atoms with Gasteiger partial charge in [-0.1, -0.05) is 84.0 Å². The highest BCUT2D eigenvalue weighted by atomic mass is 16.4. The van der Waals surface area contributed by atoms with Crippen molar-refractivity contribution in [2.24, 2.45) is 0 Å². The van der Waals surface area contributed by atoms with Crippen molar-refractivity contribution in [3.8, 4) is 0 Å². The summed E-state index contributed by atoms with van der Waals surface area (Å²) in [6.45, 7) is 4.37. The molecule has 0 rings (SSSR count). The zero-order valence-corrected chi connectivity index (χ0v) is 17.5. The molecule has 0 aromatic rings. The molecular formula is C22H45NO2. The molecule has 0 fully saturated rings. The minimum Gasteiger partial charge on any atom is -0.550 e. The molecule has 0 saturated carbocycles. The number of hydrogen-bond acceptors (Lipinski definition) is 2. The number of unbranched alkanes of at least 4 members (excludes halogenated alkanes) is 13. The van der Waals surface area contributed by atoms with Crippen molar-refractivity contribution in [3.63, 3.8) is 0 Å². The van der Waals surface area contributed by atoms with Crippen LogP contribution in [0.1, 0.15) is 110 Å². The largest absolute Gasteiger partial charge is 0.550 e. The van der Waals surface area contributed by atoms with E-state index in [1.165, 1.54) is 89.9 Å². The zero-order valence-electron chi connectivity index (χ0n) is 17.5. The first-order valence-electron chi connectivity index (χ1n) is 11.0. The fourth-order valence-electron chi connectivity index (χ4n) is 3.50. The summed E-state index contributed by atoms with van der Waals surface area (Å²) >= 11 is 0. The number of carboxylic acids is 1. The van der Waals surface area contributed by atoms with E-state index in [4.69, 9.17) is 0 Å². The second kappa shape index (κ2) is 16.9. The first-order valence-corrected chi connectivity index (χ1v) is 11.0. The van der Waals surface area contributed by atoms with Gasteiger partial charge in [0.2, 0.25) is 0 Å². The summed E-state index contributed by atoms with van der Waals surface area (Å²) in [7, 11) is 4.41. The molecule has 3 nitrogen and oxygen atoms in total. The number of hydrogen-bond donors (Lipinski definition) is 0. The van der Waals surface area contributed by atoms with Crippen LogP contribution in [0.15, 0.2) is 0 Å². The molecule has 0 N–H and O–H groups in total. The molecule has 0 radical (unpaired) electrons. The van der Waals surface area contributed by atoms with Crippen molar-refractivity contribution in [1.82, 2.24) is 0 Å². The van der Waals surface area contributed by atoms with E-state index in [1.54, 1.807) is 0 Å². The van der Waals surface area contributed by atoms with E-state index in [-0.39, 0.29) is 6.42 Å². The number of quaternary nitrogens is 1. The Morgan fingerprint density at radius 2 is 1.00 bits per heavy atom. The number of rotatable bonds is 19. The lowest BCUT2D eigenvalue weighted by Gasteiger charge is -2.30. The number of carbonyl (C=O) groups excluding carboxylic acids is 1. The van der Waals surface area contributed by atoms with Gasteiger partial charge in [0.1, 0.15) is 0 Å². The average Bonchev–Trinajstić information content (AvgIpc) is 2.54. The van der Waals surface area contributed by atoms with Crippen LogP contribution in [0.5, 0.6) is 0 Å². The second-order valence-corrected chi connectivity index (χ2v) is 8.45. The van der Waals surface area contributed by atoms with E-state index >= 15 is 0 Å². The van der Waals surface area contributed by atoms with Crippen molar-refractivity contribution in [2.45, 2.75) is 110 Å². The van der Waals surface area contributed by atoms with E-state index < -0.39 is 5.97 Å². The van der Waals surface area contributed by atoms with Crippen LogP contribution in [0.2, 0.25) is 0 Å². The lowest BCUT2D eigenvalue weighted by Crippen LogP contribution is -2.41. The van der Waals surface area contributed by atoms with Crippen LogP contribution in [0.25, 0.3) is 0 Å². The van der Waals surface area contributed by atoms with Crippen LogP contribution in [-0.2, 0) is 4.79 Å². The molecule has 0 unspecified atom stereocenters. The Kier molecular flexibility index (Phi) is 16.5. The molecule has 0 aliphatic carbocycles. The molecular weight excluding hydrogens is 310 g/mol. The summed E-state index contributed by atoms with van der Waals surface area (Å²) in [5.74, 6) is -0.920. The van der Waals surface area contributed by atoms with Gasteiger partial charge >= 0.3 is 0 Å². The molecule has 0 atom stereocenters. The Hall–Kier alpha value is -0.570. The van der Waals surface area contributed by atoms with E-state index in [9.17, 15) is 9.90 Å². The Morgan fingerprint density at radius 1 is 0.640 bits per heavy atom. The molecule has 0 aliphatic rings. The fourth-order valence-corrected chi connectivity index (χ4v) is 3.50. The van der Waals surface area contributed by atoms with Crippen LogP contribution in [0, 0.1) is 0 Å². The third-order valence-electron chi connectivity index (χ3n) is 5.26. The minimum atomic E-state index is -0.920. The predicted molar refractivity (Wildman–Crippen MR) is 106 cm³/mol. The van der Waals surface area contributed by atoms with Crippen LogP contribution in [0.4, 0.5) is 0 Å². The van der Waals surface area contributed by atoms with Crippen LogP contribution in [-0.4, -0.2) is 37.6 Å². The SMILES string of the molecule is CCCCCCCCCCCCCCCC[N+](C)(C)CCCC(=O)[O-]. The smallest absolute Gasteiger partial charge is 0.0786 e. The van der Waals surface area contributed by atoms with Crippen molar-refractivity contribution >= 4 is 5.97 Å². The van der Waals surface area contributed by atoms with Crippen molar-refractivity contribution in [3.05, 3.63) is 0 Å². The molecule has 0 bridgehead atoms. The maximum atomic E-state index is 10.5. The molecule has 0 aromatic carbocycles. The van der Waals surface area contributed by atoms with E-state index in [0.717, 1.165) is 24.0 Å². The highest BCUT2D eigenvalue weighted by Gasteiger charge is 2.13. The minimum absolute atomic E-state index is 0.195. The van der Waals surface area contributed by atoms with E-state index in [2.05, 4.69) is 21.0 Å². The number of carbonyl (C=O) groups is 1. The highest BCUT2D eigenvalue weighted by Crippen LogP contribution is 2.13. The molecule has 0 amide bonds. The molecule has 25 heavy (non-hydrogen) atoms. The normalized spacial score (nSPS) is 11.8. The molecule has 0 aromatic heterocycles. The van der Waals surface area contributed by atoms with Gasteiger partial charge in [-0.05, 0) is 19.3 Å². The van der Waals surface area contributed by atoms with Gasteiger partial charge in [0.25, 0.3) is 0 Å². The molecule has 0 aliphatic heterocycles. The van der Waals surface area contributed by atoms with Gasteiger partial charge in [-0.3, -0.25) is 0 Å². The fraction of sp³-hybridized carbons (Fsp3) is 0.955. The van der Waals surface area contributed by atoms with Crippen molar-refractivity contribution in [1.29, 1.82) is 0 Å². The summed E-state index contributed by atoms with van der Waals surface area (Å²) in [6.07, 6.45) is 20.4. The number of carboxylic acid groups (broad SMARTS) is 1. The van der Waals surface area contributed by atoms with E-state index in [1.807, 2.05) is 0 Å². The lowest BCUT2D eigenvalue weighted by molar-refractivity contribution is -0.890. The highest BCUT2D eigenvalue weighted by molar-refractivity contribution is 5.64. The summed E-state index contributed by atoms with van der Waals surface area (Å²) in [5, 5.41) is 10.5. The topological polar surface area (TPSA) is 40.1 Å². The standard InChI is InChI=1S/C22H45NO2/c1-4-5-6-7-8-9-10-11-12-13-14-15-16-17-20-23(2,3)21-18-19-22(24)25/h4-21H2,1-3H3. The summed E-state index contributed by atoms with van der Waals surface area (Å²) in [6, 6.07) is 0. The quantitative estimate of drug-likeness (QED) is 0.240. The van der Waals surface area contributed by atoms with Crippen LogP contribution < -0.4 is 5.11 Å². The van der Waals surface area contributed by atoms with Crippen molar-refractivity contribution < 1.29 is 14.4 Å². The molecule has 150 valence electrons. The Bertz CT molecular complexity index is 302. The van der Waals surface area contributed by atoms with Crippen molar-refractivity contribution in [2.75, 3.05) is 27.2 Å². The third kappa shape index (κ3) is 19.6. The maximum Gasteiger partial charge on any atom is 0.0786 e. The summed E-state index contributed by atoms with van der Waals surface area (Å²) in [5.41, 5.74) is 0. The Labute approximate surface area is 157 Å². The molecule has 0 heterocycles. The Morgan fingerprint density at radius 3 is 1.40 bits per heavy atom. The molecule has 3 heteroatoms. The maximum absolute atomic E-state index is 10.5. The lowest BCUT2D eigenvalue weighted by atomic mass is 10.0. The first-order chi connectivity index (χ1) is 12.0. The van der Waals surface area contributed by atoms with Crippen LogP contribution >= 0.6 is 0 Å².